The zero-order valence-electron chi connectivity index (χ0n) is 23.9. The Morgan fingerprint density at radius 2 is 1.90 bits per heavy atom. The largest absolute Gasteiger partial charge is 0.435 e. The van der Waals surface area contributed by atoms with E-state index in [1.807, 2.05) is 26.8 Å². The Labute approximate surface area is 237 Å². The molecule has 1 aromatic carbocycles. The van der Waals surface area contributed by atoms with Crippen molar-refractivity contribution in [1.29, 1.82) is 0 Å². The summed E-state index contributed by atoms with van der Waals surface area (Å²) < 4.78 is 50.1. The number of carbonyl (C=O) groups excluding carboxylic acids is 1. The summed E-state index contributed by atoms with van der Waals surface area (Å²) in [5, 5.41) is 9.93. The molecule has 3 aromatic heterocycles. The van der Waals surface area contributed by atoms with Crippen LogP contribution < -0.4 is 10.6 Å². The van der Waals surface area contributed by atoms with Gasteiger partial charge in [-0.05, 0) is 42.0 Å². The number of nitrogens with zero attached hydrogens (tertiary/aromatic N) is 5. The fraction of sp³-hybridized carbons (Fsp3) is 0.448. The van der Waals surface area contributed by atoms with Crippen LogP contribution in [-0.4, -0.2) is 49.8 Å². The quantitative estimate of drug-likeness (QED) is 0.203. The van der Waals surface area contributed by atoms with Gasteiger partial charge in [-0.3, -0.25) is 13.9 Å². The molecule has 0 saturated heterocycles. The van der Waals surface area contributed by atoms with Crippen LogP contribution in [0.3, 0.4) is 0 Å². The van der Waals surface area contributed by atoms with E-state index in [9.17, 15) is 18.0 Å². The molecule has 2 N–H and O–H groups in total. The van der Waals surface area contributed by atoms with Crippen LogP contribution in [0.4, 0.5) is 24.7 Å². The molecule has 0 aliphatic heterocycles. The maximum atomic E-state index is 13.9. The number of imidazole rings is 1. The molecule has 4 aromatic rings. The van der Waals surface area contributed by atoms with Gasteiger partial charge >= 0.3 is 6.18 Å². The Morgan fingerprint density at radius 3 is 2.59 bits per heavy atom. The minimum atomic E-state index is -4.62. The van der Waals surface area contributed by atoms with Crippen LogP contribution in [0, 0.1) is 11.8 Å². The number of ether oxygens (including phenoxy) is 1. The second kappa shape index (κ2) is 12.7. The molecular formula is C29H36F3N7O2. The van der Waals surface area contributed by atoms with E-state index in [4.69, 9.17) is 4.74 Å². The van der Waals surface area contributed by atoms with E-state index in [1.165, 1.54) is 23.3 Å². The molecule has 0 bridgehead atoms. The third-order valence-corrected chi connectivity index (χ3v) is 6.26. The van der Waals surface area contributed by atoms with E-state index in [2.05, 4.69) is 39.5 Å². The van der Waals surface area contributed by atoms with Crippen LogP contribution in [0.1, 0.15) is 56.2 Å². The highest BCUT2D eigenvalue weighted by atomic mass is 19.4. The lowest BCUT2D eigenvalue weighted by atomic mass is 10.0. The summed E-state index contributed by atoms with van der Waals surface area (Å²) >= 11 is 0. The van der Waals surface area contributed by atoms with E-state index >= 15 is 0 Å². The van der Waals surface area contributed by atoms with Crippen molar-refractivity contribution in [3.8, 4) is 11.3 Å². The fourth-order valence-electron chi connectivity index (χ4n) is 4.47. The summed E-state index contributed by atoms with van der Waals surface area (Å²) in [6.45, 7) is 11.8. The van der Waals surface area contributed by atoms with Crippen molar-refractivity contribution in [3.63, 3.8) is 0 Å². The zero-order valence-corrected chi connectivity index (χ0v) is 23.9. The number of aryl methyl sites for hydroxylation is 1. The van der Waals surface area contributed by atoms with Gasteiger partial charge in [0.15, 0.2) is 17.2 Å². The molecule has 12 heteroatoms. The van der Waals surface area contributed by atoms with Crippen molar-refractivity contribution in [2.75, 3.05) is 25.1 Å². The highest BCUT2D eigenvalue weighted by Gasteiger charge is 2.38. The smallest absolute Gasteiger partial charge is 0.379 e. The highest BCUT2D eigenvalue weighted by molar-refractivity contribution is 5.96. The molecule has 0 atom stereocenters. The van der Waals surface area contributed by atoms with Crippen molar-refractivity contribution in [1.82, 2.24) is 29.5 Å². The molecule has 0 saturated carbocycles. The SMILES string of the molecule is CCc1cc(Nc2nccn3c(-c4cn(CC(C)C)nc4C(F)(F)F)cnc23)ccc1C(=O)NCCOCC(C)C. The van der Waals surface area contributed by atoms with Gasteiger partial charge in [0.05, 0.1) is 24.1 Å². The Kier molecular flexibility index (Phi) is 9.31. The molecule has 1 amide bonds. The Bertz CT molecular complexity index is 1490. The first-order chi connectivity index (χ1) is 19.5. The fourth-order valence-corrected chi connectivity index (χ4v) is 4.47. The number of anilines is 2. The van der Waals surface area contributed by atoms with Crippen LogP contribution in [0.5, 0.6) is 0 Å². The Morgan fingerprint density at radius 1 is 1.12 bits per heavy atom. The second-order valence-corrected chi connectivity index (χ2v) is 10.7. The first kappa shape index (κ1) is 30.0. The van der Waals surface area contributed by atoms with Gasteiger partial charge in [0, 0.05) is 49.5 Å². The molecule has 0 fully saturated rings. The monoisotopic (exact) mass is 571 g/mol. The molecule has 3 heterocycles. The van der Waals surface area contributed by atoms with Gasteiger partial charge in [-0.2, -0.15) is 18.3 Å². The lowest BCUT2D eigenvalue weighted by molar-refractivity contribution is -0.141. The summed E-state index contributed by atoms with van der Waals surface area (Å²) in [6, 6.07) is 5.36. The number of aromatic nitrogens is 5. The summed E-state index contributed by atoms with van der Waals surface area (Å²) in [4.78, 5) is 21.5. The molecule has 0 spiro atoms. The first-order valence-corrected chi connectivity index (χ1v) is 13.7. The minimum absolute atomic E-state index is 0.0546. The van der Waals surface area contributed by atoms with Gasteiger partial charge in [-0.1, -0.05) is 34.6 Å². The number of nitrogens with one attached hydrogen (secondary N) is 2. The number of amides is 1. The van der Waals surface area contributed by atoms with Gasteiger partial charge in [0.1, 0.15) is 0 Å². The number of rotatable bonds is 12. The molecule has 0 unspecified atom stereocenters. The van der Waals surface area contributed by atoms with E-state index < -0.39 is 11.9 Å². The molecule has 0 aliphatic rings. The Balaban J connectivity index is 1.57. The van der Waals surface area contributed by atoms with Gasteiger partial charge in [-0.25, -0.2) is 9.97 Å². The standard InChI is InChI=1S/C29H36F3N7O2/c1-6-20-13-21(7-8-22(20)28(40)34-10-12-41-17-19(4)5)36-26-27-35-14-24(39(27)11-9-33-26)23-16-38(15-18(2)3)37-25(23)29(30,31)32/h7-9,11,13-14,16,18-19H,6,10,12,15,17H2,1-5H3,(H,33,36)(H,34,40). The lowest BCUT2D eigenvalue weighted by Crippen LogP contribution is -2.28. The molecule has 0 aliphatic carbocycles. The van der Waals surface area contributed by atoms with E-state index in [-0.39, 0.29) is 23.1 Å². The van der Waals surface area contributed by atoms with E-state index in [1.54, 1.807) is 22.7 Å². The predicted molar refractivity (Wildman–Crippen MR) is 151 cm³/mol. The zero-order chi connectivity index (χ0) is 29.7. The van der Waals surface area contributed by atoms with Crippen LogP contribution >= 0.6 is 0 Å². The Hall–Kier alpha value is -3.93. The molecule has 220 valence electrons. The summed E-state index contributed by atoms with van der Waals surface area (Å²) in [7, 11) is 0. The third kappa shape index (κ3) is 7.24. The highest BCUT2D eigenvalue weighted by Crippen LogP contribution is 2.37. The molecule has 41 heavy (non-hydrogen) atoms. The van der Waals surface area contributed by atoms with E-state index in [0.717, 1.165) is 5.56 Å². The third-order valence-electron chi connectivity index (χ3n) is 6.26. The second-order valence-electron chi connectivity index (χ2n) is 10.7. The number of alkyl halides is 3. The number of fused-ring (bicyclic) bond motifs is 1. The molecule has 4 rings (SSSR count). The van der Waals surface area contributed by atoms with Gasteiger partial charge < -0.3 is 15.4 Å². The molecule has 0 radical (unpaired) electrons. The number of halogens is 3. The maximum Gasteiger partial charge on any atom is 0.435 e. The van der Waals surface area contributed by atoms with Crippen molar-refractivity contribution in [2.24, 2.45) is 11.8 Å². The van der Waals surface area contributed by atoms with Crippen molar-refractivity contribution >= 4 is 23.1 Å². The van der Waals surface area contributed by atoms with Crippen molar-refractivity contribution in [2.45, 2.75) is 53.8 Å². The van der Waals surface area contributed by atoms with E-state index in [0.29, 0.717) is 61.4 Å². The van der Waals surface area contributed by atoms with Crippen molar-refractivity contribution < 1.29 is 22.7 Å². The first-order valence-electron chi connectivity index (χ1n) is 13.7. The maximum absolute atomic E-state index is 13.9. The van der Waals surface area contributed by atoms with Crippen LogP contribution in [-0.2, 0) is 23.9 Å². The van der Waals surface area contributed by atoms with Gasteiger partial charge in [0.2, 0.25) is 0 Å². The van der Waals surface area contributed by atoms with Crippen LogP contribution in [0.25, 0.3) is 16.9 Å². The number of hydrogen-bond donors (Lipinski definition) is 2. The summed E-state index contributed by atoms with van der Waals surface area (Å²) in [6.07, 6.45) is 1.86. The van der Waals surface area contributed by atoms with Gasteiger partial charge in [-0.15, -0.1) is 0 Å². The van der Waals surface area contributed by atoms with Crippen molar-refractivity contribution in [3.05, 3.63) is 59.8 Å². The summed E-state index contributed by atoms with van der Waals surface area (Å²) in [5.41, 5.74) is 1.66. The van der Waals surface area contributed by atoms with Gasteiger partial charge in [0.25, 0.3) is 5.91 Å². The minimum Gasteiger partial charge on any atom is -0.379 e. The normalized spacial score (nSPS) is 12.0. The number of benzene rings is 1. The molecule has 9 nitrogen and oxygen atoms in total. The number of carbonyl (C=O) groups is 1. The summed E-state index contributed by atoms with van der Waals surface area (Å²) in [5.74, 6) is 0.735. The average molecular weight is 572 g/mol. The predicted octanol–water partition coefficient (Wildman–Crippen LogP) is 5.98. The van der Waals surface area contributed by atoms with Crippen LogP contribution in [0.2, 0.25) is 0 Å². The topological polar surface area (TPSA) is 98.4 Å². The number of hydrogen-bond acceptors (Lipinski definition) is 6. The lowest BCUT2D eigenvalue weighted by Gasteiger charge is -2.13. The average Bonchev–Trinajstić information content (AvgIpc) is 3.52. The molecular weight excluding hydrogens is 535 g/mol. The van der Waals surface area contributed by atoms with Crippen LogP contribution in [0.15, 0.2) is 43.0 Å².